The molecule has 1 fully saturated rings. The molecular formula is C27H34N8O3S. The maximum Gasteiger partial charge on any atom is 0.260 e. The number of amides is 2. The fraction of sp³-hybridized carbons (Fsp3) is 0.444. The first-order valence-electron chi connectivity index (χ1n) is 13.1. The molecule has 0 spiro atoms. The maximum absolute atomic E-state index is 13.3. The largest absolute Gasteiger partial charge is 0.383 e. The number of aryl methyl sites for hydroxylation is 1. The molecule has 4 aromatic heterocycles. The van der Waals surface area contributed by atoms with Crippen molar-refractivity contribution in [3.8, 4) is 10.4 Å². The summed E-state index contributed by atoms with van der Waals surface area (Å²) in [7, 11) is 1.66. The van der Waals surface area contributed by atoms with E-state index in [9.17, 15) is 9.59 Å². The summed E-state index contributed by atoms with van der Waals surface area (Å²) in [5.74, 6) is 0.0240. The number of rotatable bonds is 10. The molecule has 0 unspecified atom stereocenters. The number of aromatic nitrogens is 5. The number of hydrogen-bond acceptors (Lipinski definition) is 8. The van der Waals surface area contributed by atoms with E-state index in [4.69, 9.17) is 4.74 Å². The molecule has 2 N–H and O–H groups in total. The lowest BCUT2D eigenvalue weighted by Gasteiger charge is -2.20. The highest BCUT2D eigenvalue weighted by Crippen LogP contribution is 2.31. The zero-order chi connectivity index (χ0) is 27.5. The standard InChI is InChI=1S/C27H34N8O3S/c1-17(2)33-6-5-19(14-33)9-25(36)31-21-10-23(18(3)28-12-21)32-26(37)22-13-30-35-16-24(39-27(22)35)20-11-29-34(15-20)7-8-38-4/h10-13,15-17,19H,5-9,14H2,1-4H3,(H,31,36)(H,32,37)/t19-/m0/s1. The number of anilines is 2. The molecule has 1 atom stereocenters. The lowest BCUT2D eigenvalue weighted by atomic mass is 10.0. The van der Waals surface area contributed by atoms with Gasteiger partial charge in [0.25, 0.3) is 5.91 Å². The monoisotopic (exact) mass is 550 g/mol. The molecule has 5 heterocycles. The average molecular weight is 551 g/mol. The minimum Gasteiger partial charge on any atom is -0.383 e. The molecule has 206 valence electrons. The minimum atomic E-state index is -0.290. The number of thiazole rings is 1. The van der Waals surface area contributed by atoms with Gasteiger partial charge in [0.05, 0.1) is 59.3 Å². The van der Waals surface area contributed by atoms with Crippen LogP contribution in [0.5, 0.6) is 0 Å². The Labute approximate surface area is 231 Å². The van der Waals surface area contributed by atoms with Crippen molar-refractivity contribution >= 4 is 39.4 Å². The van der Waals surface area contributed by atoms with Crippen molar-refractivity contribution in [2.24, 2.45) is 5.92 Å². The van der Waals surface area contributed by atoms with Gasteiger partial charge in [-0.3, -0.25) is 19.3 Å². The summed E-state index contributed by atoms with van der Waals surface area (Å²) < 4.78 is 8.64. The van der Waals surface area contributed by atoms with Gasteiger partial charge in [0.2, 0.25) is 5.91 Å². The second-order valence-corrected chi connectivity index (χ2v) is 11.2. The van der Waals surface area contributed by atoms with Crippen molar-refractivity contribution in [3.05, 3.63) is 48.3 Å². The Balaban J connectivity index is 1.25. The Morgan fingerprint density at radius 3 is 2.79 bits per heavy atom. The molecule has 1 aliphatic heterocycles. The normalized spacial score (nSPS) is 15.9. The SMILES string of the molecule is COCCn1cc(-c2cn3ncc(C(=O)Nc4cc(NC(=O)C[C@@H]5CCN(C(C)C)C5)cnc4C)c3s2)cn1. The first-order chi connectivity index (χ1) is 18.8. The molecule has 1 saturated heterocycles. The Bertz CT molecular complexity index is 1470. The number of likely N-dealkylation sites (tertiary alicyclic amines) is 1. The first-order valence-corrected chi connectivity index (χ1v) is 13.9. The van der Waals surface area contributed by atoms with E-state index in [-0.39, 0.29) is 11.8 Å². The number of carbonyl (C=O) groups excluding carboxylic acids is 2. The second-order valence-electron chi connectivity index (χ2n) is 10.2. The zero-order valence-corrected chi connectivity index (χ0v) is 23.5. The summed E-state index contributed by atoms with van der Waals surface area (Å²) in [6.07, 6.45) is 10.3. The molecule has 1 aliphatic rings. The zero-order valence-electron chi connectivity index (χ0n) is 22.7. The van der Waals surface area contributed by atoms with Crippen LogP contribution in [0.1, 0.15) is 42.7 Å². The number of pyridine rings is 1. The fourth-order valence-electron chi connectivity index (χ4n) is 4.76. The van der Waals surface area contributed by atoms with E-state index >= 15 is 0 Å². The van der Waals surface area contributed by atoms with Crippen LogP contribution in [0.25, 0.3) is 15.3 Å². The van der Waals surface area contributed by atoms with Gasteiger partial charge in [0.1, 0.15) is 4.83 Å². The van der Waals surface area contributed by atoms with Crippen LogP contribution in [-0.4, -0.2) is 73.9 Å². The predicted octanol–water partition coefficient (Wildman–Crippen LogP) is 3.92. The minimum absolute atomic E-state index is 0.0384. The van der Waals surface area contributed by atoms with Crippen molar-refractivity contribution in [1.82, 2.24) is 29.3 Å². The molecule has 11 nitrogen and oxygen atoms in total. The number of methoxy groups -OCH3 is 1. The Morgan fingerprint density at radius 2 is 2.03 bits per heavy atom. The van der Waals surface area contributed by atoms with Gasteiger partial charge in [-0.25, -0.2) is 4.52 Å². The summed E-state index contributed by atoms with van der Waals surface area (Å²) in [5, 5.41) is 14.6. The molecule has 2 amide bonds. The van der Waals surface area contributed by atoms with Crippen molar-refractivity contribution in [2.75, 3.05) is 37.4 Å². The summed E-state index contributed by atoms with van der Waals surface area (Å²) in [5.41, 5.74) is 3.17. The summed E-state index contributed by atoms with van der Waals surface area (Å²) in [6.45, 7) is 9.40. The Kier molecular flexibility index (Phi) is 8.05. The molecule has 0 saturated carbocycles. The van der Waals surface area contributed by atoms with Crippen LogP contribution in [0.4, 0.5) is 11.4 Å². The number of nitrogens with one attached hydrogen (secondary N) is 2. The molecule has 4 aromatic rings. The van der Waals surface area contributed by atoms with E-state index in [0.29, 0.717) is 54.2 Å². The fourth-order valence-corrected chi connectivity index (χ4v) is 5.80. The highest BCUT2D eigenvalue weighted by atomic mass is 32.1. The lowest BCUT2D eigenvalue weighted by Crippen LogP contribution is -2.28. The van der Waals surface area contributed by atoms with Crippen LogP contribution in [0.3, 0.4) is 0 Å². The van der Waals surface area contributed by atoms with E-state index in [2.05, 4.69) is 44.6 Å². The molecule has 0 aromatic carbocycles. The maximum atomic E-state index is 13.3. The number of carbonyl (C=O) groups is 2. The summed E-state index contributed by atoms with van der Waals surface area (Å²) in [4.78, 5) is 34.4. The van der Waals surface area contributed by atoms with E-state index in [1.807, 2.05) is 24.0 Å². The van der Waals surface area contributed by atoms with Gasteiger partial charge in [0.15, 0.2) is 0 Å². The number of nitrogens with zero attached hydrogens (tertiary/aromatic N) is 6. The van der Waals surface area contributed by atoms with E-state index in [0.717, 1.165) is 34.8 Å². The van der Waals surface area contributed by atoms with Crippen LogP contribution in [0, 0.1) is 12.8 Å². The summed E-state index contributed by atoms with van der Waals surface area (Å²) in [6, 6.07) is 2.25. The quantitative estimate of drug-likeness (QED) is 0.307. The van der Waals surface area contributed by atoms with Crippen molar-refractivity contribution in [1.29, 1.82) is 0 Å². The molecular weight excluding hydrogens is 516 g/mol. The smallest absolute Gasteiger partial charge is 0.260 e. The van der Waals surface area contributed by atoms with Gasteiger partial charge in [-0.15, -0.1) is 11.3 Å². The van der Waals surface area contributed by atoms with E-state index in [1.165, 1.54) is 11.3 Å². The molecule has 5 rings (SSSR count). The van der Waals surface area contributed by atoms with Crippen LogP contribution in [-0.2, 0) is 16.1 Å². The predicted molar refractivity (Wildman–Crippen MR) is 151 cm³/mol. The van der Waals surface area contributed by atoms with Crippen LogP contribution in [0.15, 0.2) is 37.1 Å². The molecule has 39 heavy (non-hydrogen) atoms. The van der Waals surface area contributed by atoms with Gasteiger partial charge in [-0.1, -0.05) is 0 Å². The van der Waals surface area contributed by atoms with Gasteiger partial charge in [-0.05, 0) is 45.7 Å². The Morgan fingerprint density at radius 1 is 1.18 bits per heavy atom. The van der Waals surface area contributed by atoms with Crippen molar-refractivity contribution < 1.29 is 14.3 Å². The number of ether oxygens (including phenoxy) is 1. The topological polar surface area (TPSA) is 119 Å². The van der Waals surface area contributed by atoms with Crippen molar-refractivity contribution in [3.63, 3.8) is 0 Å². The highest BCUT2D eigenvalue weighted by molar-refractivity contribution is 7.21. The van der Waals surface area contributed by atoms with E-state index < -0.39 is 0 Å². The average Bonchev–Trinajstić information content (AvgIpc) is 3.68. The molecule has 0 radical (unpaired) electrons. The third-order valence-corrected chi connectivity index (χ3v) is 8.18. The van der Waals surface area contributed by atoms with Gasteiger partial charge >= 0.3 is 0 Å². The molecule has 12 heteroatoms. The van der Waals surface area contributed by atoms with Gasteiger partial charge in [0, 0.05) is 44.1 Å². The summed E-state index contributed by atoms with van der Waals surface area (Å²) >= 11 is 1.47. The van der Waals surface area contributed by atoms with Crippen LogP contribution >= 0.6 is 11.3 Å². The first kappa shape index (κ1) is 27.0. The number of fused-ring (bicyclic) bond motifs is 1. The third kappa shape index (κ3) is 6.18. The van der Waals surface area contributed by atoms with Crippen LogP contribution in [0.2, 0.25) is 0 Å². The van der Waals surface area contributed by atoms with Crippen LogP contribution < -0.4 is 10.6 Å². The second kappa shape index (κ2) is 11.6. The lowest BCUT2D eigenvalue weighted by molar-refractivity contribution is -0.117. The van der Waals surface area contributed by atoms with Gasteiger partial charge in [-0.2, -0.15) is 10.2 Å². The molecule has 0 aliphatic carbocycles. The van der Waals surface area contributed by atoms with Crippen molar-refractivity contribution in [2.45, 2.75) is 46.2 Å². The third-order valence-electron chi connectivity index (χ3n) is 7.02. The highest BCUT2D eigenvalue weighted by Gasteiger charge is 2.26. The van der Waals surface area contributed by atoms with E-state index in [1.54, 1.807) is 36.3 Å². The Hall–Kier alpha value is -3.61. The number of hydrogen-bond donors (Lipinski definition) is 2. The van der Waals surface area contributed by atoms with Gasteiger partial charge < -0.3 is 20.3 Å². The molecule has 0 bridgehead atoms.